The van der Waals surface area contributed by atoms with Gasteiger partial charge in [0.25, 0.3) is 0 Å². The zero-order valence-electron chi connectivity index (χ0n) is 12.5. The van der Waals surface area contributed by atoms with E-state index < -0.39 is 0 Å². The van der Waals surface area contributed by atoms with Crippen LogP contribution >= 0.6 is 0 Å². The SMILES string of the molecule is CCNc1cc(C2CC2)nc(C(OC)c2ccccc2)n1. The van der Waals surface area contributed by atoms with Crippen molar-refractivity contribution in [1.29, 1.82) is 0 Å². The standard InChI is InChI=1S/C17H21N3O/c1-3-18-15-11-14(12-9-10-12)19-17(20-15)16(21-2)13-7-5-4-6-8-13/h4-8,11-12,16H,3,9-10H2,1-2H3,(H,18,19,20). The third-order valence-corrected chi connectivity index (χ3v) is 3.69. The van der Waals surface area contributed by atoms with Crippen LogP contribution in [0.5, 0.6) is 0 Å². The van der Waals surface area contributed by atoms with Crippen molar-refractivity contribution in [1.82, 2.24) is 9.97 Å². The summed E-state index contributed by atoms with van der Waals surface area (Å²) in [5.41, 5.74) is 2.21. The average molecular weight is 283 g/mol. The van der Waals surface area contributed by atoms with Crippen molar-refractivity contribution in [3.05, 3.63) is 53.5 Å². The Balaban J connectivity index is 1.98. The molecule has 4 heteroatoms. The number of anilines is 1. The summed E-state index contributed by atoms with van der Waals surface area (Å²) in [6.45, 7) is 2.92. The molecule has 1 aromatic heterocycles. The minimum Gasteiger partial charge on any atom is -0.370 e. The van der Waals surface area contributed by atoms with Crippen LogP contribution < -0.4 is 5.32 Å². The van der Waals surface area contributed by atoms with E-state index in [0.717, 1.165) is 29.4 Å². The van der Waals surface area contributed by atoms with Crippen LogP contribution in [0.4, 0.5) is 5.82 Å². The van der Waals surface area contributed by atoms with Gasteiger partial charge in [-0.05, 0) is 25.3 Å². The molecule has 0 spiro atoms. The van der Waals surface area contributed by atoms with Gasteiger partial charge in [0.05, 0.1) is 0 Å². The molecule has 1 aliphatic rings. The normalized spacial score (nSPS) is 15.7. The van der Waals surface area contributed by atoms with Crippen molar-refractivity contribution in [2.75, 3.05) is 19.0 Å². The van der Waals surface area contributed by atoms with Crippen LogP contribution in [0.2, 0.25) is 0 Å². The first kappa shape index (κ1) is 14.0. The van der Waals surface area contributed by atoms with Crippen LogP contribution in [0.1, 0.15) is 48.9 Å². The number of nitrogens with one attached hydrogen (secondary N) is 1. The van der Waals surface area contributed by atoms with Crippen molar-refractivity contribution in [2.24, 2.45) is 0 Å². The Morgan fingerprint density at radius 3 is 2.62 bits per heavy atom. The lowest BCUT2D eigenvalue weighted by Crippen LogP contribution is -2.12. The van der Waals surface area contributed by atoms with Gasteiger partial charge in [-0.3, -0.25) is 0 Å². The molecular weight excluding hydrogens is 262 g/mol. The quantitative estimate of drug-likeness (QED) is 0.881. The minimum atomic E-state index is -0.220. The van der Waals surface area contributed by atoms with Crippen molar-refractivity contribution in [2.45, 2.75) is 31.8 Å². The summed E-state index contributed by atoms with van der Waals surface area (Å²) in [5.74, 6) is 2.23. The van der Waals surface area contributed by atoms with Gasteiger partial charge < -0.3 is 10.1 Å². The Kier molecular flexibility index (Phi) is 4.15. The molecule has 0 radical (unpaired) electrons. The predicted octanol–water partition coefficient (Wildman–Crippen LogP) is 3.52. The lowest BCUT2D eigenvalue weighted by atomic mass is 10.1. The number of hydrogen-bond acceptors (Lipinski definition) is 4. The fraction of sp³-hybridized carbons (Fsp3) is 0.412. The van der Waals surface area contributed by atoms with Crippen LogP contribution in [0, 0.1) is 0 Å². The molecular formula is C17H21N3O. The van der Waals surface area contributed by atoms with Gasteiger partial charge in [0.1, 0.15) is 11.9 Å². The van der Waals surface area contributed by atoms with Crippen LogP contribution in [0.3, 0.4) is 0 Å². The molecule has 0 bridgehead atoms. The third-order valence-electron chi connectivity index (χ3n) is 3.69. The molecule has 1 aromatic carbocycles. The molecule has 1 N–H and O–H groups in total. The Hall–Kier alpha value is -1.94. The first-order chi connectivity index (χ1) is 10.3. The highest BCUT2D eigenvalue weighted by Gasteiger charge is 2.27. The van der Waals surface area contributed by atoms with Gasteiger partial charge >= 0.3 is 0 Å². The van der Waals surface area contributed by atoms with Gasteiger partial charge in [-0.25, -0.2) is 9.97 Å². The molecule has 0 saturated heterocycles. The molecule has 1 heterocycles. The Labute approximate surface area is 125 Å². The summed E-state index contributed by atoms with van der Waals surface area (Å²) in [7, 11) is 1.71. The molecule has 1 atom stereocenters. The van der Waals surface area contributed by atoms with E-state index >= 15 is 0 Å². The Morgan fingerprint density at radius 1 is 1.24 bits per heavy atom. The van der Waals surface area contributed by atoms with E-state index in [0.29, 0.717) is 5.92 Å². The summed E-state index contributed by atoms with van der Waals surface area (Å²) >= 11 is 0. The van der Waals surface area contributed by atoms with Gasteiger partial charge in [0.15, 0.2) is 5.82 Å². The van der Waals surface area contributed by atoms with Gasteiger partial charge in [0, 0.05) is 31.3 Å². The molecule has 1 fully saturated rings. The van der Waals surface area contributed by atoms with Crippen LogP contribution in [0.15, 0.2) is 36.4 Å². The molecule has 0 amide bonds. The highest BCUT2D eigenvalue weighted by molar-refractivity contribution is 5.39. The summed E-state index contributed by atoms with van der Waals surface area (Å²) in [5, 5.41) is 3.29. The second-order valence-electron chi connectivity index (χ2n) is 5.37. The van der Waals surface area contributed by atoms with Gasteiger partial charge in [-0.2, -0.15) is 0 Å². The summed E-state index contributed by atoms with van der Waals surface area (Å²) in [6, 6.07) is 12.2. The van der Waals surface area contributed by atoms with Crippen LogP contribution in [-0.2, 0) is 4.74 Å². The van der Waals surface area contributed by atoms with Crippen LogP contribution in [0.25, 0.3) is 0 Å². The molecule has 4 nitrogen and oxygen atoms in total. The average Bonchev–Trinajstić information content (AvgIpc) is 3.34. The maximum Gasteiger partial charge on any atom is 0.164 e. The maximum atomic E-state index is 5.66. The number of benzene rings is 1. The smallest absolute Gasteiger partial charge is 0.164 e. The third kappa shape index (κ3) is 3.22. The molecule has 3 rings (SSSR count). The van der Waals surface area contributed by atoms with E-state index in [4.69, 9.17) is 9.72 Å². The summed E-state index contributed by atoms with van der Waals surface area (Å²) in [6.07, 6.45) is 2.23. The highest BCUT2D eigenvalue weighted by atomic mass is 16.5. The number of nitrogens with zero attached hydrogens (tertiary/aromatic N) is 2. The first-order valence-electron chi connectivity index (χ1n) is 7.52. The zero-order valence-corrected chi connectivity index (χ0v) is 12.5. The van der Waals surface area contributed by atoms with E-state index in [-0.39, 0.29) is 6.10 Å². The molecule has 1 aliphatic carbocycles. The maximum absolute atomic E-state index is 5.66. The molecule has 110 valence electrons. The summed E-state index contributed by atoms with van der Waals surface area (Å²) in [4.78, 5) is 9.38. The lowest BCUT2D eigenvalue weighted by molar-refractivity contribution is 0.129. The number of ether oxygens (including phenoxy) is 1. The fourth-order valence-electron chi connectivity index (χ4n) is 2.48. The Bertz CT molecular complexity index is 596. The lowest BCUT2D eigenvalue weighted by Gasteiger charge is -2.16. The topological polar surface area (TPSA) is 47.0 Å². The second kappa shape index (κ2) is 6.22. The van der Waals surface area contributed by atoms with Gasteiger partial charge in [0.2, 0.25) is 0 Å². The van der Waals surface area contributed by atoms with Crippen LogP contribution in [-0.4, -0.2) is 23.6 Å². The van der Waals surface area contributed by atoms with Crippen molar-refractivity contribution in [3.8, 4) is 0 Å². The highest BCUT2D eigenvalue weighted by Crippen LogP contribution is 2.40. The number of methoxy groups -OCH3 is 1. The predicted molar refractivity (Wildman–Crippen MR) is 83.5 cm³/mol. The minimum absolute atomic E-state index is 0.220. The van der Waals surface area contributed by atoms with E-state index in [9.17, 15) is 0 Å². The molecule has 0 aliphatic heterocycles. The second-order valence-corrected chi connectivity index (χ2v) is 5.37. The number of hydrogen-bond donors (Lipinski definition) is 1. The van der Waals surface area contributed by atoms with E-state index in [1.807, 2.05) is 30.3 Å². The number of rotatable bonds is 6. The van der Waals surface area contributed by atoms with Gasteiger partial charge in [-0.1, -0.05) is 30.3 Å². The largest absolute Gasteiger partial charge is 0.370 e. The molecule has 1 unspecified atom stereocenters. The van der Waals surface area contributed by atoms with E-state index in [1.165, 1.54) is 12.8 Å². The monoisotopic (exact) mass is 283 g/mol. The van der Waals surface area contributed by atoms with E-state index in [1.54, 1.807) is 7.11 Å². The zero-order chi connectivity index (χ0) is 14.7. The molecule has 21 heavy (non-hydrogen) atoms. The van der Waals surface area contributed by atoms with Gasteiger partial charge in [-0.15, -0.1) is 0 Å². The first-order valence-corrected chi connectivity index (χ1v) is 7.52. The van der Waals surface area contributed by atoms with E-state index in [2.05, 4.69) is 23.3 Å². The number of aromatic nitrogens is 2. The molecule has 2 aromatic rings. The van der Waals surface area contributed by atoms with Crippen molar-refractivity contribution >= 4 is 5.82 Å². The van der Waals surface area contributed by atoms with Crippen molar-refractivity contribution in [3.63, 3.8) is 0 Å². The molecule has 1 saturated carbocycles. The Morgan fingerprint density at radius 2 is 2.00 bits per heavy atom. The summed E-state index contributed by atoms with van der Waals surface area (Å²) < 4.78 is 5.66. The fourth-order valence-corrected chi connectivity index (χ4v) is 2.48. The van der Waals surface area contributed by atoms with Crippen molar-refractivity contribution < 1.29 is 4.74 Å².